The van der Waals surface area contributed by atoms with Crippen molar-refractivity contribution in [1.82, 2.24) is 14.7 Å². The highest BCUT2D eigenvalue weighted by atomic mass is 19.1. The van der Waals surface area contributed by atoms with Crippen LogP contribution < -0.4 is 5.32 Å². The Labute approximate surface area is 210 Å². The van der Waals surface area contributed by atoms with Crippen LogP contribution in [0.25, 0.3) is 16.8 Å². The summed E-state index contributed by atoms with van der Waals surface area (Å²) < 4.78 is 16.0. The van der Waals surface area contributed by atoms with Crippen LogP contribution in [-0.2, 0) is 4.79 Å². The van der Waals surface area contributed by atoms with E-state index in [1.807, 2.05) is 75.4 Å². The van der Waals surface area contributed by atoms with Gasteiger partial charge in [-0.3, -0.25) is 9.59 Å². The largest absolute Gasteiger partial charge is 0.329 e. The minimum Gasteiger partial charge on any atom is -0.329 e. The number of aryl methyl sites for hydroxylation is 2. The van der Waals surface area contributed by atoms with Crippen LogP contribution in [0.15, 0.2) is 78.9 Å². The van der Waals surface area contributed by atoms with E-state index in [0.29, 0.717) is 18.8 Å². The quantitative estimate of drug-likeness (QED) is 0.344. The maximum atomic E-state index is 14.3. The van der Waals surface area contributed by atoms with Gasteiger partial charge in [-0.25, -0.2) is 9.07 Å². The number of nitrogens with zero attached hydrogens (tertiary/aromatic N) is 3. The zero-order valence-corrected chi connectivity index (χ0v) is 20.7. The van der Waals surface area contributed by atoms with Gasteiger partial charge in [0.2, 0.25) is 5.91 Å². The second-order valence-corrected chi connectivity index (χ2v) is 8.63. The van der Waals surface area contributed by atoms with Crippen molar-refractivity contribution >= 4 is 17.6 Å². The van der Waals surface area contributed by atoms with Gasteiger partial charge in [0.25, 0.3) is 5.91 Å². The maximum absolute atomic E-state index is 14.3. The van der Waals surface area contributed by atoms with Gasteiger partial charge in [0.15, 0.2) is 0 Å². The number of rotatable bonds is 8. The molecule has 0 saturated carbocycles. The second kappa shape index (κ2) is 11.0. The smallest absolute Gasteiger partial charge is 0.257 e. The first-order chi connectivity index (χ1) is 17.4. The lowest BCUT2D eigenvalue weighted by molar-refractivity contribution is -0.116. The van der Waals surface area contributed by atoms with Gasteiger partial charge in [0, 0.05) is 12.1 Å². The van der Waals surface area contributed by atoms with Gasteiger partial charge in [0.05, 0.1) is 16.9 Å². The molecule has 1 N–H and O–H groups in total. The van der Waals surface area contributed by atoms with Gasteiger partial charge in [-0.1, -0.05) is 67.6 Å². The first-order valence-electron chi connectivity index (χ1n) is 12.0. The van der Waals surface area contributed by atoms with Gasteiger partial charge in [0.1, 0.15) is 18.2 Å². The highest BCUT2D eigenvalue weighted by Gasteiger charge is 2.24. The molecule has 0 bridgehead atoms. The van der Waals surface area contributed by atoms with Crippen molar-refractivity contribution in [2.75, 3.05) is 18.4 Å². The number of anilines is 1. The van der Waals surface area contributed by atoms with E-state index in [0.717, 1.165) is 28.1 Å². The maximum Gasteiger partial charge on any atom is 0.257 e. The number of benzene rings is 3. The molecule has 0 unspecified atom stereocenters. The predicted octanol–water partition coefficient (Wildman–Crippen LogP) is 5.79. The third-order valence-corrected chi connectivity index (χ3v) is 5.94. The fourth-order valence-corrected chi connectivity index (χ4v) is 4.24. The highest BCUT2D eigenvalue weighted by Crippen LogP contribution is 2.34. The summed E-state index contributed by atoms with van der Waals surface area (Å²) in [6.07, 6.45) is 0.628. The van der Waals surface area contributed by atoms with E-state index in [1.165, 1.54) is 23.1 Å². The molecule has 184 valence electrons. The van der Waals surface area contributed by atoms with E-state index < -0.39 is 11.7 Å². The summed E-state index contributed by atoms with van der Waals surface area (Å²) in [5.41, 5.74) is 4.26. The van der Waals surface area contributed by atoms with Gasteiger partial charge in [-0.05, 0) is 49.6 Å². The van der Waals surface area contributed by atoms with E-state index in [-0.39, 0.29) is 18.0 Å². The van der Waals surface area contributed by atoms with Crippen LogP contribution in [0.4, 0.5) is 10.2 Å². The van der Waals surface area contributed by atoms with Crippen molar-refractivity contribution in [3.8, 4) is 16.8 Å². The number of carbonyl (C=O) groups excluding carboxylic acids is 2. The molecule has 2 amide bonds. The SMILES string of the molecule is CCCN(CC(=O)Nc1c(-c2ccccc2)c(C)nn1-c1ccccc1C)C(=O)c1ccccc1F. The van der Waals surface area contributed by atoms with Gasteiger partial charge >= 0.3 is 0 Å². The van der Waals surface area contributed by atoms with E-state index in [2.05, 4.69) is 5.32 Å². The summed E-state index contributed by atoms with van der Waals surface area (Å²) >= 11 is 0. The number of aromatic nitrogens is 2. The number of amides is 2. The molecule has 4 aromatic rings. The minimum atomic E-state index is -0.608. The van der Waals surface area contributed by atoms with Crippen molar-refractivity contribution in [2.45, 2.75) is 27.2 Å². The highest BCUT2D eigenvalue weighted by molar-refractivity contribution is 6.01. The average Bonchev–Trinajstić information content (AvgIpc) is 3.19. The summed E-state index contributed by atoms with van der Waals surface area (Å²) in [7, 11) is 0. The molecule has 0 fully saturated rings. The monoisotopic (exact) mass is 484 g/mol. The average molecular weight is 485 g/mol. The number of hydrogen-bond acceptors (Lipinski definition) is 3. The van der Waals surface area contributed by atoms with Gasteiger partial charge < -0.3 is 10.2 Å². The molecule has 0 radical (unpaired) electrons. The Bertz CT molecular complexity index is 1380. The second-order valence-electron chi connectivity index (χ2n) is 8.63. The van der Waals surface area contributed by atoms with Gasteiger partial charge in [-0.2, -0.15) is 5.10 Å². The molecule has 7 heteroatoms. The molecule has 0 aliphatic heterocycles. The summed E-state index contributed by atoms with van der Waals surface area (Å²) in [6, 6.07) is 23.3. The Morgan fingerprint density at radius 2 is 1.61 bits per heavy atom. The van der Waals surface area contributed by atoms with Crippen LogP contribution in [0.3, 0.4) is 0 Å². The Hall–Kier alpha value is -4.26. The van der Waals surface area contributed by atoms with Crippen LogP contribution in [0.2, 0.25) is 0 Å². The molecule has 0 aliphatic rings. The number of carbonyl (C=O) groups is 2. The minimum absolute atomic E-state index is 0.0514. The van der Waals surface area contributed by atoms with E-state index >= 15 is 0 Å². The van der Waals surface area contributed by atoms with Crippen LogP contribution in [0.5, 0.6) is 0 Å². The van der Waals surface area contributed by atoms with Crippen molar-refractivity contribution < 1.29 is 14.0 Å². The molecular formula is C29H29FN4O2. The summed E-state index contributed by atoms with van der Waals surface area (Å²) in [5.74, 6) is -0.992. The zero-order valence-electron chi connectivity index (χ0n) is 20.7. The van der Waals surface area contributed by atoms with E-state index in [9.17, 15) is 14.0 Å². The lowest BCUT2D eigenvalue weighted by Crippen LogP contribution is -2.39. The molecule has 0 spiro atoms. The van der Waals surface area contributed by atoms with Crippen molar-refractivity contribution in [2.24, 2.45) is 0 Å². The summed E-state index contributed by atoms with van der Waals surface area (Å²) in [4.78, 5) is 27.8. The standard InChI is InChI=1S/C29H29FN4O2/c1-4-18-33(29(36)23-15-9-10-16-24(23)30)19-26(35)31-28-27(22-13-6-5-7-14-22)21(3)32-34(28)25-17-11-8-12-20(25)2/h5-17H,4,18-19H2,1-3H3,(H,31,35). The predicted molar refractivity (Wildman–Crippen MR) is 140 cm³/mol. The fraction of sp³-hybridized carbons (Fsp3) is 0.207. The van der Waals surface area contributed by atoms with E-state index in [1.54, 1.807) is 10.7 Å². The van der Waals surface area contributed by atoms with E-state index in [4.69, 9.17) is 5.10 Å². The summed E-state index contributed by atoms with van der Waals surface area (Å²) in [6.45, 7) is 5.90. The van der Waals surface area contributed by atoms with Gasteiger partial charge in [-0.15, -0.1) is 0 Å². The molecule has 0 aliphatic carbocycles. The Morgan fingerprint density at radius 1 is 0.944 bits per heavy atom. The Balaban J connectivity index is 1.70. The summed E-state index contributed by atoms with van der Waals surface area (Å²) in [5, 5.41) is 7.76. The zero-order chi connectivity index (χ0) is 25.7. The Morgan fingerprint density at radius 3 is 2.31 bits per heavy atom. The number of para-hydroxylation sites is 1. The van der Waals surface area contributed by atoms with Crippen molar-refractivity contribution in [3.63, 3.8) is 0 Å². The first-order valence-corrected chi connectivity index (χ1v) is 12.0. The first kappa shape index (κ1) is 24.9. The van der Waals surface area contributed by atoms with Crippen LogP contribution in [-0.4, -0.2) is 39.6 Å². The number of hydrogen-bond donors (Lipinski definition) is 1. The normalized spacial score (nSPS) is 10.8. The molecule has 36 heavy (non-hydrogen) atoms. The van der Waals surface area contributed by atoms with Crippen molar-refractivity contribution in [1.29, 1.82) is 0 Å². The molecule has 6 nitrogen and oxygen atoms in total. The molecule has 4 rings (SSSR count). The molecule has 1 aromatic heterocycles. The molecule has 3 aromatic carbocycles. The third kappa shape index (κ3) is 5.20. The fourth-order valence-electron chi connectivity index (χ4n) is 4.24. The lowest BCUT2D eigenvalue weighted by Gasteiger charge is -2.22. The lowest BCUT2D eigenvalue weighted by atomic mass is 10.1. The molecule has 0 saturated heterocycles. The number of nitrogens with one attached hydrogen (secondary N) is 1. The topological polar surface area (TPSA) is 67.2 Å². The molecular weight excluding hydrogens is 455 g/mol. The van der Waals surface area contributed by atoms with Crippen molar-refractivity contribution in [3.05, 3.63) is 102 Å². The molecule has 1 heterocycles. The van der Waals surface area contributed by atoms with Crippen LogP contribution >= 0.6 is 0 Å². The number of halogens is 1. The van der Waals surface area contributed by atoms with Crippen LogP contribution in [0.1, 0.15) is 35.0 Å². The Kier molecular flexibility index (Phi) is 7.59. The van der Waals surface area contributed by atoms with Crippen LogP contribution in [0, 0.1) is 19.7 Å². The molecule has 0 atom stereocenters. The third-order valence-electron chi connectivity index (χ3n) is 5.94.